The van der Waals surface area contributed by atoms with Crippen LogP contribution in [0.2, 0.25) is 0 Å². The average molecular weight is 284 g/mol. The zero-order valence-corrected chi connectivity index (χ0v) is 12.9. The maximum absolute atomic E-state index is 2.23. The molecule has 0 radical (unpaired) electrons. The van der Waals surface area contributed by atoms with Crippen LogP contribution < -0.4 is 0 Å². The first-order chi connectivity index (χ1) is 10.8. The van der Waals surface area contributed by atoms with Crippen LogP contribution in [-0.2, 0) is 6.42 Å². The van der Waals surface area contributed by atoms with E-state index in [4.69, 9.17) is 0 Å². The Kier molecular flexibility index (Phi) is 4.50. The summed E-state index contributed by atoms with van der Waals surface area (Å²) in [5.74, 6) is 0. The first kappa shape index (κ1) is 14.3. The van der Waals surface area contributed by atoms with E-state index in [1.54, 1.807) is 0 Å². The second kappa shape index (κ2) is 6.91. The van der Waals surface area contributed by atoms with Gasteiger partial charge in [0.15, 0.2) is 0 Å². The molecule has 0 spiro atoms. The maximum Gasteiger partial charge on any atom is -0.00258 e. The summed E-state index contributed by atoms with van der Waals surface area (Å²) in [6, 6.07) is 29.9. The predicted octanol–water partition coefficient (Wildman–Crippen LogP) is 5.84. The van der Waals surface area contributed by atoms with Crippen LogP contribution in [0.4, 0.5) is 0 Å². The molecule has 22 heavy (non-hydrogen) atoms. The van der Waals surface area contributed by atoms with Crippen molar-refractivity contribution in [2.75, 3.05) is 0 Å². The standard InChI is InChI=1S/C22H20/c1-18(16-19-8-4-2-5-9-19)22-14-12-21(13-15-22)17-20-10-6-3-7-11-20/h2-16H,17H2,1H3. The summed E-state index contributed by atoms with van der Waals surface area (Å²) in [6.07, 6.45) is 3.22. The molecule has 0 nitrogen and oxygen atoms in total. The van der Waals surface area contributed by atoms with E-state index in [0.717, 1.165) is 6.42 Å². The van der Waals surface area contributed by atoms with Gasteiger partial charge in [-0.25, -0.2) is 0 Å². The Bertz CT molecular complexity index is 735. The van der Waals surface area contributed by atoms with Crippen LogP contribution in [0, 0.1) is 0 Å². The average Bonchev–Trinajstić information content (AvgIpc) is 2.57. The highest BCUT2D eigenvalue weighted by Crippen LogP contribution is 2.19. The summed E-state index contributed by atoms with van der Waals surface area (Å²) >= 11 is 0. The van der Waals surface area contributed by atoms with Crippen molar-refractivity contribution in [2.45, 2.75) is 13.3 Å². The second-order valence-corrected chi connectivity index (χ2v) is 5.60. The molecule has 0 aliphatic rings. The van der Waals surface area contributed by atoms with Crippen molar-refractivity contribution in [3.8, 4) is 0 Å². The van der Waals surface area contributed by atoms with Crippen molar-refractivity contribution in [2.24, 2.45) is 0 Å². The Balaban J connectivity index is 1.75. The lowest BCUT2D eigenvalue weighted by atomic mass is 10.00. The van der Waals surface area contributed by atoms with Gasteiger partial charge >= 0.3 is 0 Å². The van der Waals surface area contributed by atoms with E-state index >= 15 is 0 Å². The largest absolute Gasteiger partial charge is 0.0622 e. The van der Waals surface area contributed by atoms with E-state index in [9.17, 15) is 0 Å². The third-order valence-corrected chi connectivity index (χ3v) is 3.84. The number of benzene rings is 3. The molecule has 0 saturated heterocycles. The van der Waals surface area contributed by atoms with Gasteiger partial charge in [-0.05, 0) is 41.2 Å². The van der Waals surface area contributed by atoms with Gasteiger partial charge in [0.05, 0.1) is 0 Å². The van der Waals surface area contributed by atoms with Crippen LogP contribution in [0.1, 0.15) is 29.2 Å². The van der Waals surface area contributed by atoms with Gasteiger partial charge in [0, 0.05) is 0 Å². The quantitative estimate of drug-likeness (QED) is 0.528. The van der Waals surface area contributed by atoms with E-state index in [1.165, 1.54) is 27.8 Å². The summed E-state index contributed by atoms with van der Waals surface area (Å²) in [5.41, 5.74) is 6.51. The third kappa shape index (κ3) is 3.73. The van der Waals surface area contributed by atoms with Crippen molar-refractivity contribution in [1.82, 2.24) is 0 Å². The van der Waals surface area contributed by atoms with Crippen LogP contribution in [-0.4, -0.2) is 0 Å². The Morgan fingerprint density at radius 1 is 0.682 bits per heavy atom. The Morgan fingerprint density at radius 2 is 1.23 bits per heavy atom. The summed E-state index contributed by atoms with van der Waals surface area (Å²) in [7, 11) is 0. The summed E-state index contributed by atoms with van der Waals surface area (Å²) in [5, 5.41) is 0. The highest BCUT2D eigenvalue weighted by Gasteiger charge is 1.99. The zero-order chi connectivity index (χ0) is 15.2. The predicted molar refractivity (Wildman–Crippen MR) is 95.7 cm³/mol. The van der Waals surface area contributed by atoms with E-state index in [0.29, 0.717) is 0 Å². The molecule has 3 aromatic rings. The molecule has 0 amide bonds. The van der Waals surface area contributed by atoms with Crippen LogP contribution in [0.25, 0.3) is 11.6 Å². The van der Waals surface area contributed by atoms with Crippen LogP contribution >= 0.6 is 0 Å². The topological polar surface area (TPSA) is 0 Å². The molecular weight excluding hydrogens is 264 g/mol. The van der Waals surface area contributed by atoms with Gasteiger partial charge in [-0.3, -0.25) is 0 Å². The minimum absolute atomic E-state index is 0.989. The molecule has 0 aliphatic carbocycles. The summed E-state index contributed by atoms with van der Waals surface area (Å²) in [4.78, 5) is 0. The highest BCUT2D eigenvalue weighted by atomic mass is 14.0. The van der Waals surface area contributed by atoms with Gasteiger partial charge in [0.25, 0.3) is 0 Å². The van der Waals surface area contributed by atoms with Crippen molar-refractivity contribution in [3.05, 3.63) is 107 Å². The lowest BCUT2D eigenvalue weighted by Gasteiger charge is -2.06. The second-order valence-electron chi connectivity index (χ2n) is 5.60. The third-order valence-electron chi connectivity index (χ3n) is 3.84. The molecule has 0 unspecified atom stereocenters. The van der Waals surface area contributed by atoms with Gasteiger partial charge in [0.1, 0.15) is 0 Å². The fourth-order valence-electron chi connectivity index (χ4n) is 2.60. The summed E-state index contributed by atoms with van der Waals surface area (Å²) < 4.78 is 0. The van der Waals surface area contributed by atoms with Gasteiger partial charge < -0.3 is 0 Å². The minimum Gasteiger partial charge on any atom is -0.0622 e. The maximum atomic E-state index is 2.23. The molecular formula is C22H20. The molecule has 0 saturated carbocycles. The van der Waals surface area contributed by atoms with Crippen LogP contribution in [0.3, 0.4) is 0 Å². The van der Waals surface area contributed by atoms with E-state index < -0.39 is 0 Å². The van der Waals surface area contributed by atoms with Gasteiger partial charge in [-0.1, -0.05) is 91.0 Å². The molecule has 0 aromatic heterocycles. The van der Waals surface area contributed by atoms with Crippen molar-refractivity contribution in [1.29, 1.82) is 0 Å². The molecule has 108 valence electrons. The smallest absolute Gasteiger partial charge is 0.00258 e. The molecule has 0 heteroatoms. The molecule has 0 aliphatic heterocycles. The number of hydrogen-bond donors (Lipinski definition) is 0. The number of hydrogen-bond acceptors (Lipinski definition) is 0. The molecule has 3 rings (SSSR count). The van der Waals surface area contributed by atoms with E-state index in [1.807, 2.05) is 6.07 Å². The fraction of sp³-hybridized carbons (Fsp3) is 0.0909. The lowest BCUT2D eigenvalue weighted by molar-refractivity contribution is 1.19. The SMILES string of the molecule is CC(=Cc1ccccc1)c1ccc(Cc2ccccc2)cc1. The van der Waals surface area contributed by atoms with Crippen LogP contribution in [0.15, 0.2) is 84.9 Å². The molecule has 0 atom stereocenters. The van der Waals surface area contributed by atoms with Gasteiger partial charge in [0.2, 0.25) is 0 Å². The molecule has 0 bridgehead atoms. The highest BCUT2D eigenvalue weighted by molar-refractivity contribution is 5.80. The fourth-order valence-corrected chi connectivity index (χ4v) is 2.60. The Morgan fingerprint density at radius 3 is 1.86 bits per heavy atom. The lowest BCUT2D eigenvalue weighted by Crippen LogP contribution is -1.88. The molecule has 0 fully saturated rings. The van der Waals surface area contributed by atoms with Crippen molar-refractivity contribution < 1.29 is 0 Å². The van der Waals surface area contributed by atoms with Gasteiger partial charge in [-0.2, -0.15) is 0 Å². The molecule has 0 N–H and O–H groups in total. The number of allylic oxidation sites excluding steroid dienone is 1. The summed E-state index contributed by atoms with van der Waals surface area (Å²) in [6.45, 7) is 2.17. The zero-order valence-electron chi connectivity index (χ0n) is 12.9. The monoisotopic (exact) mass is 284 g/mol. The first-order valence-corrected chi connectivity index (χ1v) is 7.68. The minimum atomic E-state index is 0.989. The Hall–Kier alpha value is -2.60. The van der Waals surface area contributed by atoms with E-state index in [2.05, 4.69) is 91.9 Å². The van der Waals surface area contributed by atoms with Gasteiger partial charge in [-0.15, -0.1) is 0 Å². The van der Waals surface area contributed by atoms with Crippen molar-refractivity contribution >= 4 is 11.6 Å². The molecule has 0 heterocycles. The first-order valence-electron chi connectivity index (χ1n) is 7.68. The number of rotatable bonds is 4. The normalized spacial score (nSPS) is 11.4. The van der Waals surface area contributed by atoms with Crippen LogP contribution in [0.5, 0.6) is 0 Å². The Labute approximate surface area is 132 Å². The van der Waals surface area contributed by atoms with Crippen molar-refractivity contribution in [3.63, 3.8) is 0 Å². The molecule has 3 aromatic carbocycles. The van der Waals surface area contributed by atoms with E-state index in [-0.39, 0.29) is 0 Å².